The predicted octanol–water partition coefficient (Wildman–Crippen LogP) is 1.59. The molecule has 0 N–H and O–H groups in total. The third-order valence-corrected chi connectivity index (χ3v) is 2.39. The topological polar surface area (TPSA) is 63.6 Å². The zero-order valence-electron chi connectivity index (χ0n) is 7.66. The lowest BCUT2D eigenvalue weighted by Crippen LogP contribution is -2.30. The van der Waals surface area contributed by atoms with Crippen molar-refractivity contribution in [2.45, 2.75) is 26.7 Å². The van der Waals surface area contributed by atoms with E-state index in [1.165, 1.54) is 0 Å². The third kappa shape index (κ3) is 1.56. The van der Waals surface area contributed by atoms with E-state index in [9.17, 15) is 14.5 Å². The Hall–Kier alpha value is -1.32. The van der Waals surface area contributed by atoms with Crippen LogP contribution in [0.4, 0.5) is 0 Å². The van der Waals surface area contributed by atoms with Gasteiger partial charge in [0.15, 0.2) is 12.1 Å². The monoisotopic (exact) mass is 181 g/mol. The van der Waals surface area contributed by atoms with Crippen molar-refractivity contribution in [3.05, 3.63) is 16.2 Å². The summed E-state index contributed by atoms with van der Waals surface area (Å²) in [6, 6.07) is 0. The van der Waals surface area contributed by atoms with Crippen LogP contribution in [0.15, 0.2) is 16.4 Å². The minimum atomic E-state index is -0.537. The minimum absolute atomic E-state index is 0.0498. The van der Waals surface area contributed by atoms with Crippen LogP contribution in [-0.2, 0) is 9.59 Å². The number of carbonyl (C=O) groups excluding carboxylic acids is 2. The Kier molecular flexibility index (Phi) is 2.40. The Morgan fingerprint density at radius 3 is 2.54 bits per heavy atom. The summed E-state index contributed by atoms with van der Waals surface area (Å²) in [6.07, 6.45) is 1.42. The van der Waals surface area contributed by atoms with Gasteiger partial charge in [-0.25, -0.2) is 0 Å². The Morgan fingerprint density at radius 1 is 1.46 bits per heavy atom. The molecule has 1 aliphatic carbocycles. The molecule has 0 aromatic rings. The maximum atomic E-state index is 11.6. The van der Waals surface area contributed by atoms with Crippen LogP contribution in [0.1, 0.15) is 26.7 Å². The first-order valence-electron chi connectivity index (χ1n) is 4.09. The molecule has 0 saturated carbocycles. The fourth-order valence-corrected chi connectivity index (χ4v) is 1.39. The molecule has 70 valence electrons. The minimum Gasteiger partial charge on any atom is -0.298 e. The Bertz CT molecular complexity index is 302. The number of nitroso groups, excluding NO2 is 1. The first kappa shape index (κ1) is 9.77. The van der Waals surface area contributed by atoms with Gasteiger partial charge in [0, 0.05) is 5.41 Å². The zero-order valence-corrected chi connectivity index (χ0v) is 7.66. The summed E-state index contributed by atoms with van der Waals surface area (Å²) in [5.74, 6) is -0.275. The molecule has 0 bridgehead atoms. The molecule has 13 heavy (non-hydrogen) atoms. The number of Topliss-reactive ketones (excluding diaryl/α,β-unsaturated/α-hetero) is 1. The largest absolute Gasteiger partial charge is 0.298 e. The number of nitrogens with zero attached hydrogens (tertiary/aromatic N) is 1. The van der Waals surface area contributed by atoms with Gasteiger partial charge in [0.2, 0.25) is 0 Å². The molecule has 4 nitrogen and oxygen atoms in total. The van der Waals surface area contributed by atoms with Crippen LogP contribution in [0, 0.1) is 10.3 Å². The number of hydrogen-bond donors (Lipinski definition) is 0. The molecule has 0 fully saturated rings. The number of ketones is 1. The molecular weight excluding hydrogens is 170 g/mol. The molecular formula is C9H11NO3. The fraction of sp³-hybridized carbons (Fsp3) is 0.556. The van der Waals surface area contributed by atoms with Gasteiger partial charge in [0.05, 0.1) is 11.3 Å². The van der Waals surface area contributed by atoms with E-state index in [1.54, 1.807) is 13.8 Å². The van der Waals surface area contributed by atoms with Crippen LogP contribution >= 0.6 is 0 Å². The number of allylic oxidation sites excluding steroid dienone is 2. The number of carbonyl (C=O) groups is 2. The lowest BCUT2D eigenvalue weighted by Gasteiger charge is -2.27. The van der Waals surface area contributed by atoms with Crippen LogP contribution in [-0.4, -0.2) is 12.1 Å². The molecule has 0 aliphatic heterocycles. The van der Waals surface area contributed by atoms with Crippen molar-refractivity contribution >= 4 is 12.1 Å². The van der Waals surface area contributed by atoms with Crippen LogP contribution < -0.4 is 0 Å². The van der Waals surface area contributed by atoms with Gasteiger partial charge in [-0.05, 0) is 18.0 Å². The van der Waals surface area contributed by atoms with Crippen molar-refractivity contribution in [3.63, 3.8) is 0 Å². The number of rotatable bonds is 2. The second-order valence-corrected chi connectivity index (χ2v) is 3.78. The fourth-order valence-electron chi connectivity index (χ4n) is 1.39. The molecule has 0 heterocycles. The summed E-state index contributed by atoms with van der Waals surface area (Å²) in [5, 5.41) is 2.69. The second kappa shape index (κ2) is 3.20. The molecule has 0 saturated heterocycles. The summed E-state index contributed by atoms with van der Waals surface area (Å²) < 4.78 is 0. The maximum absolute atomic E-state index is 11.6. The van der Waals surface area contributed by atoms with Crippen LogP contribution in [0.2, 0.25) is 0 Å². The molecule has 4 heteroatoms. The van der Waals surface area contributed by atoms with Gasteiger partial charge in [0.25, 0.3) is 0 Å². The van der Waals surface area contributed by atoms with E-state index < -0.39 is 5.41 Å². The average molecular weight is 181 g/mol. The Morgan fingerprint density at radius 2 is 2.08 bits per heavy atom. The molecule has 0 radical (unpaired) electrons. The normalized spacial score (nSPS) is 21.5. The quantitative estimate of drug-likeness (QED) is 0.369. The first-order valence-corrected chi connectivity index (χ1v) is 4.09. The number of hydrogen-bond acceptors (Lipinski definition) is 4. The molecule has 0 atom stereocenters. The molecule has 0 aromatic heterocycles. The number of aldehydes is 1. The molecule has 0 amide bonds. The van der Waals surface area contributed by atoms with Crippen molar-refractivity contribution in [1.82, 2.24) is 0 Å². The molecule has 0 aromatic carbocycles. The van der Waals surface area contributed by atoms with Crippen LogP contribution in [0.3, 0.4) is 0 Å². The highest BCUT2D eigenvalue weighted by Crippen LogP contribution is 2.35. The van der Waals surface area contributed by atoms with Gasteiger partial charge >= 0.3 is 0 Å². The highest BCUT2D eigenvalue weighted by molar-refractivity contribution is 6.15. The smallest absolute Gasteiger partial charge is 0.173 e. The first-order chi connectivity index (χ1) is 6.03. The van der Waals surface area contributed by atoms with E-state index in [0.29, 0.717) is 19.1 Å². The van der Waals surface area contributed by atoms with Crippen molar-refractivity contribution in [1.29, 1.82) is 0 Å². The highest BCUT2D eigenvalue weighted by atomic mass is 16.3. The summed E-state index contributed by atoms with van der Waals surface area (Å²) >= 11 is 0. The summed E-state index contributed by atoms with van der Waals surface area (Å²) in [7, 11) is 0. The van der Waals surface area contributed by atoms with E-state index in [0.717, 1.165) is 0 Å². The predicted molar refractivity (Wildman–Crippen MR) is 46.9 cm³/mol. The standard InChI is InChI=1S/C9H11NO3/c1-9(2)4-3-7(10-13)6(5-11)8(9)12/h5H,3-4H2,1-2H3. The maximum Gasteiger partial charge on any atom is 0.173 e. The molecule has 0 unspecified atom stereocenters. The van der Waals surface area contributed by atoms with Crippen LogP contribution in [0.5, 0.6) is 0 Å². The lowest BCUT2D eigenvalue weighted by molar-refractivity contribution is -0.125. The SMILES string of the molecule is CC1(C)CCC(N=O)=C(C=O)C1=O. The lowest BCUT2D eigenvalue weighted by atomic mass is 9.75. The molecule has 1 aliphatic rings. The molecule has 0 spiro atoms. The second-order valence-electron chi connectivity index (χ2n) is 3.78. The van der Waals surface area contributed by atoms with Gasteiger partial charge in [-0.2, -0.15) is 0 Å². The summed E-state index contributed by atoms with van der Waals surface area (Å²) in [4.78, 5) is 32.4. The van der Waals surface area contributed by atoms with E-state index >= 15 is 0 Å². The van der Waals surface area contributed by atoms with Crippen molar-refractivity contribution < 1.29 is 9.59 Å². The highest BCUT2D eigenvalue weighted by Gasteiger charge is 2.36. The van der Waals surface area contributed by atoms with E-state index in [4.69, 9.17) is 0 Å². The van der Waals surface area contributed by atoms with Gasteiger partial charge in [-0.15, -0.1) is 4.91 Å². The Balaban J connectivity index is 3.17. The van der Waals surface area contributed by atoms with Crippen molar-refractivity contribution in [2.24, 2.45) is 10.6 Å². The third-order valence-electron chi connectivity index (χ3n) is 2.39. The average Bonchev–Trinajstić information content (AvgIpc) is 2.09. The zero-order chi connectivity index (χ0) is 10.1. The summed E-state index contributed by atoms with van der Waals surface area (Å²) in [5.41, 5.74) is -0.490. The van der Waals surface area contributed by atoms with E-state index in [2.05, 4.69) is 5.18 Å². The van der Waals surface area contributed by atoms with E-state index in [1.807, 2.05) is 0 Å². The van der Waals surface area contributed by atoms with Gasteiger partial charge in [0.1, 0.15) is 0 Å². The van der Waals surface area contributed by atoms with Gasteiger partial charge < -0.3 is 0 Å². The summed E-state index contributed by atoms with van der Waals surface area (Å²) in [6.45, 7) is 3.53. The molecule has 1 rings (SSSR count). The van der Waals surface area contributed by atoms with Gasteiger partial charge in [-0.3, -0.25) is 9.59 Å². The van der Waals surface area contributed by atoms with Crippen molar-refractivity contribution in [3.8, 4) is 0 Å². The van der Waals surface area contributed by atoms with E-state index in [-0.39, 0.29) is 17.1 Å². The Labute approximate surface area is 76.0 Å². The van der Waals surface area contributed by atoms with Crippen LogP contribution in [0.25, 0.3) is 0 Å². The van der Waals surface area contributed by atoms with Gasteiger partial charge in [-0.1, -0.05) is 13.8 Å². The van der Waals surface area contributed by atoms with Crippen molar-refractivity contribution in [2.75, 3.05) is 0 Å².